The Balaban J connectivity index is 2.07. The summed E-state index contributed by atoms with van der Waals surface area (Å²) < 4.78 is 1.72. The van der Waals surface area contributed by atoms with E-state index in [9.17, 15) is 9.90 Å². The number of carbonyl (C=O) groups excluding carboxylic acids is 1. The zero-order valence-electron chi connectivity index (χ0n) is 15.2. The SMILES string of the molecule is Cc1cnc(C(=O)c2c(N)n(-c3c(C)ccc(O)c3C)c3ncccc23)[nH]1. The number of nitrogens with one attached hydrogen (secondary N) is 1. The first-order chi connectivity index (χ1) is 12.9. The van der Waals surface area contributed by atoms with Crippen molar-refractivity contribution in [2.75, 3.05) is 5.73 Å². The lowest BCUT2D eigenvalue weighted by Crippen LogP contribution is -2.10. The number of nitrogens with zero attached hydrogens (tertiary/aromatic N) is 3. The van der Waals surface area contributed by atoms with Gasteiger partial charge in [0.2, 0.25) is 5.78 Å². The lowest BCUT2D eigenvalue weighted by molar-refractivity contribution is 0.103. The number of pyridine rings is 1. The van der Waals surface area contributed by atoms with Crippen LogP contribution in [0.25, 0.3) is 16.7 Å². The number of nitrogen functional groups attached to an aromatic ring is 1. The van der Waals surface area contributed by atoms with Gasteiger partial charge in [-0.15, -0.1) is 0 Å². The quantitative estimate of drug-likeness (QED) is 0.485. The molecule has 27 heavy (non-hydrogen) atoms. The van der Waals surface area contributed by atoms with Crippen LogP contribution in [0.3, 0.4) is 0 Å². The molecule has 7 heteroatoms. The van der Waals surface area contributed by atoms with Crippen LogP contribution < -0.4 is 5.73 Å². The van der Waals surface area contributed by atoms with Crippen LogP contribution in [0.2, 0.25) is 0 Å². The van der Waals surface area contributed by atoms with Crippen LogP contribution in [0.15, 0.2) is 36.7 Å². The van der Waals surface area contributed by atoms with Gasteiger partial charge in [0.05, 0.1) is 11.3 Å². The Bertz CT molecular complexity index is 1200. The van der Waals surface area contributed by atoms with Crippen LogP contribution in [0.5, 0.6) is 5.75 Å². The van der Waals surface area contributed by atoms with E-state index in [1.54, 1.807) is 29.1 Å². The maximum absolute atomic E-state index is 13.1. The van der Waals surface area contributed by atoms with Gasteiger partial charge in [-0.2, -0.15) is 0 Å². The van der Waals surface area contributed by atoms with Gasteiger partial charge in [-0.1, -0.05) is 6.07 Å². The summed E-state index contributed by atoms with van der Waals surface area (Å²) in [4.78, 5) is 24.7. The van der Waals surface area contributed by atoms with E-state index >= 15 is 0 Å². The molecule has 7 nitrogen and oxygen atoms in total. The number of aromatic amines is 1. The molecular weight excluding hydrogens is 342 g/mol. The number of imidazole rings is 1. The molecule has 4 N–H and O–H groups in total. The zero-order valence-corrected chi connectivity index (χ0v) is 15.2. The number of hydrogen-bond acceptors (Lipinski definition) is 5. The van der Waals surface area contributed by atoms with Crippen molar-refractivity contribution in [3.8, 4) is 11.4 Å². The van der Waals surface area contributed by atoms with Gasteiger partial charge in [0.15, 0.2) is 5.82 Å². The lowest BCUT2D eigenvalue weighted by Gasteiger charge is -2.15. The van der Waals surface area contributed by atoms with E-state index in [2.05, 4.69) is 15.0 Å². The average molecular weight is 361 g/mol. The summed E-state index contributed by atoms with van der Waals surface area (Å²) in [5.74, 6) is 0.348. The molecule has 136 valence electrons. The Hall–Kier alpha value is -3.61. The van der Waals surface area contributed by atoms with E-state index in [0.29, 0.717) is 27.8 Å². The van der Waals surface area contributed by atoms with Crippen LogP contribution in [0, 0.1) is 20.8 Å². The number of aromatic nitrogens is 4. The minimum Gasteiger partial charge on any atom is -0.508 e. The molecule has 0 aliphatic rings. The normalized spacial score (nSPS) is 11.2. The van der Waals surface area contributed by atoms with Gasteiger partial charge in [0.1, 0.15) is 17.2 Å². The van der Waals surface area contributed by atoms with Crippen molar-refractivity contribution in [3.05, 3.63) is 64.9 Å². The van der Waals surface area contributed by atoms with E-state index in [4.69, 9.17) is 5.73 Å². The van der Waals surface area contributed by atoms with E-state index < -0.39 is 0 Å². The number of aromatic hydroxyl groups is 1. The lowest BCUT2D eigenvalue weighted by atomic mass is 10.1. The first kappa shape index (κ1) is 16.8. The molecule has 0 aliphatic carbocycles. The van der Waals surface area contributed by atoms with Crippen molar-refractivity contribution in [3.63, 3.8) is 0 Å². The second kappa shape index (κ2) is 5.98. The van der Waals surface area contributed by atoms with Crippen molar-refractivity contribution in [2.24, 2.45) is 0 Å². The van der Waals surface area contributed by atoms with Crippen molar-refractivity contribution in [1.82, 2.24) is 19.5 Å². The second-order valence-electron chi connectivity index (χ2n) is 6.59. The van der Waals surface area contributed by atoms with Gasteiger partial charge in [0, 0.05) is 29.0 Å². The number of phenolic OH excluding ortho intramolecular Hbond substituents is 1. The highest BCUT2D eigenvalue weighted by Gasteiger charge is 2.26. The standard InChI is InChI=1S/C20H19N5O2/c1-10-6-7-14(26)12(3)16(10)25-18(21)15(13-5-4-8-22-20(13)25)17(27)19-23-9-11(2)24-19/h4-9,26H,21H2,1-3H3,(H,23,24). The molecule has 0 saturated heterocycles. The molecule has 0 spiro atoms. The van der Waals surface area contributed by atoms with E-state index in [-0.39, 0.29) is 23.2 Å². The van der Waals surface area contributed by atoms with Gasteiger partial charge in [-0.25, -0.2) is 9.97 Å². The number of rotatable bonds is 3. The molecule has 3 heterocycles. The molecular formula is C20H19N5O2. The summed E-state index contributed by atoms with van der Waals surface area (Å²) in [6.45, 7) is 5.56. The molecule has 0 radical (unpaired) electrons. The molecule has 0 fully saturated rings. The molecule has 0 saturated carbocycles. The Morgan fingerprint density at radius 2 is 1.96 bits per heavy atom. The average Bonchev–Trinajstić information content (AvgIpc) is 3.20. The van der Waals surface area contributed by atoms with Crippen LogP contribution in [-0.4, -0.2) is 30.4 Å². The number of H-pyrrole nitrogens is 1. The highest BCUT2D eigenvalue weighted by Crippen LogP contribution is 2.36. The molecule has 3 aromatic heterocycles. The second-order valence-corrected chi connectivity index (χ2v) is 6.59. The Morgan fingerprint density at radius 1 is 1.19 bits per heavy atom. The number of ketones is 1. The molecule has 0 aliphatic heterocycles. The predicted molar refractivity (Wildman–Crippen MR) is 103 cm³/mol. The summed E-state index contributed by atoms with van der Waals surface area (Å²) in [5.41, 5.74) is 10.4. The molecule has 0 atom stereocenters. The summed E-state index contributed by atoms with van der Waals surface area (Å²) in [5, 5.41) is 10.8. The van der Waals surface area contributed by atoms with Crippen LogP contribution in [0.4, 0.5) is 5.82 Å². The van der Waals surface area contributed by atoms with Gasteiger partial charge < -0.3 is 15.8 Å². The number of aryl methyl sites for hydroxylation is 2. The molecule has 4 rings (SSSR count). The Kier molecular flexibility index (Phi) is 3.73. The molecule has 0 bridgehead atoms. The summed E-state index contributed by atoms with van der Waals surface area (Å²) in [7, 11) is 0. The van der Waals surface area contributed by atoms with Gasteiger partial charge in [0.25, 0.3) is 0 Å². The number of carbonyl (C=O) groups is 1. The third kappa shape index (κ3) is 2.47. The minimum absolute atomic E-state index is 0.155. The third-order valence-electron chi connectivity index (χ3n) is 4.74. The van der Waals surface area contributed by atoms with E-state index in [1.165, 1.54) is 0 Å². The summed E-state index contributed by atoms with van der Waals surface area (Å²) in [6.07, 6.45) is 3.25. The van der Waals surface area contributed by atoms with Crippen LogP contribution in [-0.2, 0) is 0 Å². The number of fused-ring (bicyclic) bond motifs is 1. The molecule has 0 unspecified atom stereocenters. The highest BCUT2D eigenvalue weighted by atomic mass is 16.3. The molecule has 0 amide bonds. The fourth-order valence-corrected chi connectivity index (χ4v) is 3.41. The summed E-state index contributed by atoms with van der Waals surface area (Å²) in [6, 6.07) is 7.02. The van der Waals surface area contributed by atoms with Crippen molar-refractivity contribution in [2.45, 2.75) is 20.8 Å². The first-order valence-electron chi connectivity index (χ1n) is 8.51. The van der Waals surface area contributed by atoms with E-state index in [1.807, 2.05) is 32.9 Å². The topological polar surface area (TPSA) is 110 Å². The smallest absolute Gasteiger partial charge is 0.232 e. The summed E-state index contributed by atoms with van der Waals surface area (Å²) >= 11 is 0. The van der Waals surface area contributed by atoms with Crippen molar-refractivity contribution >= 4 is 22.6 Å². The maximum atomic E-state index is 13.1. The maximum Gasteiger partial charge on any atom is 0.232 e. The number of benzene rings is 1. The highest BCUT2D eigenvalue weighted by molar-refractivity contribution is 6.18. The third-order valence-corrected chi connectivity index (χ3v) is 4.74. The van der Waals surface area contributed by atoms with Crippen molar-refractivity contribution in [1.29, 1.82) is 0 Å². The Morgan fingerprint density at radius 3 is 2.67 bits per heavy atom. The minimum atomic E-state index is -0.298. The largest absolute Gasteiger partial charge is 0.508 e. The zero-order chi connectivity index (χ0) is 19.3. The number of hydrogen-bond donors (Lipinski definition) is 3. The van der Waals surface area contributed by atoms with Crippen molar-refractivity contribution < 1.29 is 9.90 Å². The fourth-order valence-electron chi connectivity index (χ4n) is 3.41. The molecule has 1 aromatic carbocycles. The monoisotopic (exact) mass is 361 g/mol. The number of anilines is 1. The molecule has 4 aromatic rings. The van der Waals surface area contributed by atoms with Crippen LogP contribution in [0.1, 0.15) is 33.0 Å². The fraction of sp³-hybridized carbons (Fsp3) is 0.150. The van der Waals surface area contributed by atoms with E-state index in [0.717, 1.165) is 11.3 Å². The predicted octanol–water partition coefficient (Wildman–Crippen LogP) is 3.19. The van der Waals surface area contributed by atoms with Crippen LogP contribution >= 0.6 is 0 Å². The number of phenols is 1. The Labute approximate surface area is 155 Å². The van der Waals surface area contributed by atoms with Gasteiger partial charge in [-0.05, 0) is 44.5 Å². The first-order valence-corrected chi connectivity index (χ1v) is 8.51. The number of nitrogens with two attached hydrogens (primary N) is 1. The van der Waals surface area contributed by atoms with Gasteiger partial charge >= 0.3 is 0 Å². The van der Waals surface area contributed by atoms with Gasteiger partial charge in [-0.3, -0.25) is 9.36 Å².